The van der Waals surface area contributed by atoms with E-state index < -0.39 is 0 Å². The lowest BCUT2D eigenvalue weighted by atomic mass is 10.1. The topological polar surface area (TPSA) is 41.5 Å². The number of aromatic hydroxyl groups is 1. The molecule has 0 aliphatic carbocycles. The Morgan fingerprint density at radius 3 is 2.60 bits per heavy atom. The highest BCUT2D eigenvalue weighted by molar-refractivity contribution is 5.57. The Hall–Kier alpha value is -2.16. The summed E-state index contributed by atoms with van der Waals surface area (Å²) in [7, 11) is 0. The normalized spacial score (nSPS) is 10.3. The summed E-state index contributed by atoms with van der Waals surface area (Å²) in [6, 6.07) is 11.8. The minimum Gasteiger partial charge on any atom is -0.508 e. The third kappa shape index (κ3) is 3.23. The zero-order valence-corrected chi connectivity index (χ0v) is 12.2. The molecule has 20 heavy (non-hydrogen) atoms. The zero-order valence-electron chi connectivity index (χ0n) is 12.2. The molecule has 0 aliphatic heterocycles. The number of anilines is 1. The summed E-state index contributed by atoms with van der Waals surface area (Å²) in [4.78, 5) is 0. The molecule has 106 valence electrons. The molecule has 0 fully saturated rings. The summed E-state index contributed by atoms with van der Waals surface area (Å²) in [5.41, 5.74) is 4.06. The second-order valence-electron chi connectivity index (χ2n) is 4.85. The highest BCUT2D eigenvalue weighted by Gasteiger charge is 2.06. The first kappa shape index (κ1) is 14.3. The minimum absolute atomic E-state index is 0.336. The number of phenolic OH excluding ortho intramolecular Hbond substituents is 1. The lowest BCUT2D eigenvalue weighted by Crippen LogP contribution is -2.04. The molecule has 0 amide bonds. The van der Waals surface area contributed by atoms with Crippen LogP contribution in [0.4, 0.5) is 5.69 Å². The van der Waals surface area contributed by atoms with E-state index in [1.807, 2.05) is 45.0 Å². The van der Waals surface area contributed by atoms with Crippen molar-refractivity contribution in [3.63, 3.8) is 0 Å². The SMILES string of the molecule is CCOc1ccccc1CNc1cc(C)c(O)cc1C. The Morgan fingerprint density at radius 2 is 1.85 bits per heavy atom. The molecule has 3 nitrogen and oxygen atoms in total. The van der Waals surface area contributed by atoms with Gasteiger partial charge in [0.1, 0.15) is 11.5 Å². The number of hydrogen-bond donors (Lipinski definition) is 2. The van der Waals surface area contributed by atoms with Gasteiger partial charge in [-0.3, -0.25) is 0 Å². The van der Waals surface area contributed by atoms with Crippen molar-refractivity contribution in [1.29, 1.82) is 0 Å². The molecular weight excluding hydrogens is 250 g/mol. The fourth-order valence-electron chi connectivity index (χ4n) is 2.13. The molecule has 2 aromatic rings. The largest absolute Gasteiger partial charge is 0.508 e. The summed E-state index contributed by atoms with van der Waals surface area (Å²) in [6.07, 6.45) is 0. The first-order valence-electron chi connectivity index (χ1n) is 6.86. The average molecular weight is 271 g/mol. The Labute approximate surface area is 120 Å². The molecule has 0 aliphatic rings. The van der Waals surface area contributed by atoms with E-state index in [1.54, 1.807) is 6.07 Å². The summed E-state index contributed by atoms with van der Waals surface area (Å²) in [5.74, 6) is 1.25. The van der Waals surface area contributed by atoms with E-state index >= 15 is 0 Å². The molecular formula is C17H21NO2. The Balaban J connectivity index is 2.15. The van der Waals surface area contributed by atoms with Crippen LogP contribution < -0.4 is 10.1 Å². The molecule has 0 saturated carbocycles. The number of hydrogen-bond acceptors (Lipinski definition) is 3. The summed E-state index contributed by atoms with van der Waals surface area (Å²) >= 11 is 0. The number of nitrogens with one attached hydrogen (secondary N) is 1. The average Bonchev–Trinajstić information content (AvgIpc) is 2.43. The van der Waals surface area contributed by atoms with Gasteiger partial charge in [0.2, 0.25) is 0 Å². The molecule has 0 bridgehead atoms. The van der Waals surface area contributed by atoms with E-state index in [4.69, 9.17) is 4.74 Å². The standard InChI is InChI=1S/C17H21NO2/c1-4-20-17-8-6-5-7-14(17)11-18-15-9-13(3)16(19)10-12(15)2/h5-10,18-19H,4,11H2,1-3H3. The lowest BCUT2D eigenvalue weighted by molar-refractivity contribution is 0.337. The summed E-state index contributed by atoms with van der Waals surface area (Å²) in [5, 5.41) is 13.1. The van der Waals surface area contributed by atoms with Gasteiger partial charge < -0.3 is 15.2 Å². The molecule has 0 spiro atoms. The first-order chi connectivity index (χ1) is 9.61. The summed E-state index contributed by atoms with van der Waals surface area (Å²) in [6.45, 7) is 7.22. The molecule has 3 heteroatoms. The van der Waals surface area contributed by atoms with Crippen LogP contribution in [0.2, 0.25) is 0 Å². The van der Waals surface area contributed by atoms with E-state index in [1.165, 1.54) is 0 Å². The lowest BCUT2D eigenvalue weighted by Gasteiger charge is -2.14. The van der Waals surface area contributed by atoms with E-state index in [9.17, 15) is 5.11 Å². The van der Waals surface area contributed by atoms with Crippen LogP contribution in [0.25, 0.3) is 0 Å². The third-order valence-corrected chi connectivity index (χ3v) is 3.28. The number of benzene rings is 2. The molecule has 0 atom stereocenters. The van der Waals surface area contributed by atoms with Gasteiger partial charge in [-0.1, -0.05) is 18.2 Å². The first-order valence-corrected chi connectivity index (χ1v) is 6.86. The van der Waals surface area contributed by atoms with E-state index in [2.05, 4.69) is 11.4 Å². The number of phenols is 1. The highest BCUT2D eigenvalue weighted by Crippen LogP contribution is 2.26. The van der Waals surface area contributed by atoms with Crippen LogP contribution >= 0.6 is 0 Å². The smallest absolute Gasteiger partial charge is 0.124 e. The van der Waals surface area contributed by atoms with Gasteiger partial charge in [-0.05, 0) is 50.1 Å². The van der Waals surface area contributed by atoms with Crippen LogP contribution in [-0.2, 0) is 6.54 Å². The fraction of sp³-hybridized carbons (Fsp3) is 0.294. The van der Waals surface area contributed by atoms with Crippen molar-refractivity contribution in [2.75, 3.05) is 11.9 Å². The third-order valence-electron chi connectivity index (χ3n) is 3.28. The number of ether oxygens (including phenoxy) is 1. The molecule has 0 saturated heterocycles. The molecule has 2 aromatic carbocycles. The monoisotopic (exact) mass is 271 g/mol. The van der Waals surface area contributed by atoms with Gasteiger partial charge in [0.05, 0.1) is 6.61 Å². The van der Waals surface area contributed by atoms with Crippen LogP contribution in [0.3, 0.4) is 0 Å². The van der Waals surface area contributed by atoms with Crippen molar-refractivity contribution in [1.82, 2.24) is 0 Å². The summed E-state index contributed by atoms with van der Waals surface area (Å²) < 4.78 is 5.62. The van der Waals surface area contributed by atoms with Gasteiger partial charge in [0.15, 0.2) is 0 Å². The maximum atomic E-state index is 9.68. The predicted molar refractivity (Wildman–Crippen MR) is 82.5 cm³/mol. The molecule has 0 aromatic heterocycles. The van der Waals surface area contributed by atoms with Crippen LogP contribution in [0.15, 0.2) is 36.4 Å². The molecule has 0 unspecified atom stereocenters. The van der Waals surface area contributed by atoms with Gasteiger partial charge >= 0.3 is 0 Å². The fourth-order valence-corrected chi connectivity index (χ4v) is 2.13. The van der Waals surface area contributed by atoms with Crippen LogP contribution in [0.5, 0.6) is 11.5 Å². The van der Waals surface area contributed by atoms with Crippen molar-refractivity contribution in [3.05, 3.63) is 53.1 Å². The maximum absolute atomic E-state index is 9.68. The molecule has 0 heterocycles. The van der Waals surface area contributed by atoms with Gasteiger partial charge in [-0.2, -0.15) is 0 Å². The predicted octanol–water partition coefficient (Wildman–Crippen LogP) is 4.02. The van der Waals surface area contributed by atoms with E-state index in [-0.39, 0.29) is 0 Å². The molecule has 2 rings (SSSR count). The van der Waals surface area contributed by atoms with Gasteiger partial charge in [0, 0.05) is 17.8 Å². The number of aryl methyl sites for hydroxylation is 2. The van der Waals surface area contributed by atoms with E-state index in [0.717, 1.165) is 28.1 Å². The van der Waals surface area contributed by atoms with Crippen LogP contribution in [-0.4, -0.2) is 11.7 Å². The van der Waals surface area contributed by atoms with Crippen molar-refractivity contribution in [3.8, 4) is 11.5 Å². The zero-order chi connectivity index (χ0) is 14.5. The van der Waals surface area contributed by atoms with Gasteiger partial charge in [-0.15, -0.1) is 0 Å². The quantitative estimate of drug-likeness (QED) is 0.807. The van der Waals surface area contributed by atoms with Crippen molar-refractivity contribution >= 4 is 5.69 Å². The number of rotatable bonds is 5. The van der Waals surface area contributed by atoms with Gasteiger partial charge in [0.25, 0.3) is 0 Å². The van der Waals surface area contributed by atoms with Crippen molar-refractivity contribution in [2.45, 2.75) is 27.3 Å². The number of para-hydroxylation sites is 1. The van der Waals surface area contributed by atoms with Crippen LogP contribution in [0.1, 0.15) is 23.6 Å². The Bertz CT molecular complexity index is 594. The van der Waals surface area contributed by atoms with E-state index in [0.29, 0.717) is 18.9 Å². The van der Waals surface area contributed by atoms with Gasteiger partial charge in [-0.25, -0.2) is 0 Å². The van der Waals surface area contributed by atoms with Crippen LogP contribution in [0, 0.1) is 13.8 Å². The molecule has 0 radical (unpaired) electrons. The minimum atomic E-state index is 0.336. The second kappa shape index (κ2) is 6.33. The Morgan fingerprint density at radius 1 is 1.10 bits per heavy atom. The molecule has 2 N–H and O–H groups in total. The van der Waals surface area contributed by atoms with Crippen molar-refractivity contribution in [2.24, 2.45) is 0 Å². The van der Waals surface area contributed by atoms with Crippen molar-refractivity contribution < 1.29 is 9.84 Å². The maximum Gasteiger partial charge on any atom is 0.124 e. The Kier molecular flexibility index (Phi) is 4.51. The highest BCUT2D eigenvalue weighted by atomic mass is 16.5. The second-order valence-corrected chi connectivity index (χ2v) is 4.85.